The zero-order valence-corrected chi connectivity index (χ0v) is 14.7. The van der Waals surface area contributed by atoms with E-state index in [2.05, 4.69) is 20.0 Å². The maximum Gasteiger partial charge on any atom is 0.262 e. The minimum Gasteiger partial charge on any atom is -0.378 e. The predicted octanol–water partition coefficient (Wildman–Crippen LogP) is 3.93. The number of thiazole rings is 1. The fourth-order valence-electron chi connectivity index (χ4n) is 2.22. The van der Waals surface area contributed by atoms with E-state index in [1.165, 1.54) is 35.0 Å². The summed E-state index contributed by atoms with van der Waals surface area (Å²) in [7, 11) is 1.76. The van der Waals surface area contributed by atoms with Gasteiger partial charge in [0.15, 0.2) is 5.13 Å². The van der Waals surface area contributed by atoms with Crippen LogP contribution < -0.4 is 10.6 Å². The van der Waals surface area contributed by atoms with E-state index in [0.29, 0.717) is 22.8 Å². The lowest BCUT2D eigenvalue weighted by atomic mass is 10.1. The van der Waals surface area contributed by atoms with Gasteiger partial charge in [-0.2, -0.15) is 4.37 Å². The molecular formula is C16H15FN4OS2. The van der Waals surface area contributed by atoms with Crippen molar-refractivity contribution in [3.05, 3.63) is 58.0 Å². The zero-order valence-electron chi connectivity index (χ0n) is 13.1. The molecule has 1 amide bonds. The number of anilines is 2. The van der Waals surface area contributed by atoms with Crippen molar-refractivity contribution < 1.29 is 9.18 Å². The predicted molar refractivity (Wildman–Crippen MR) is 95.7 cm³/mol. The number of benzene rings is 1. The molecule has 1 aromatic carbocycles. The monoisotopic (exact) mass is 362 g/mol. The maximum atomic E-state index is 12.9. The molecule has 0 unspecified atom stereocenters. The van der Waals surface area contributed by atoms with E-state index in [1.54, 1.807) is 32.3 Å². The number of halogens is 1. The molecule has 0 aliphatic carbocycles. The molecule has 0 radical (unpaired) electrons. The van der Waals surface area contributed by atoms with Crippen LogP contribution in [0.2, 0.25) is 0 Å². The van der Waals surface area contributed by atoms with Crippen LogP contribution >= 0.6 is 22.9 Å². The Labute approximate surface area is 146 Å². The standard InChI is InChI=1S/C16H15FN4OS2/c1-9-13(15(18-2)24-21-9)14(22)20-16-19-8-12(23-16)7-10-3-5-11(17)6-4-10/h3-6,8,18H,7H2,1-2H3,(H,19,20,22). The number of carbonyl (C=O) groups is 1. The van der Waals surface area contributed by atoms with Gasteiger partial charge in [-0.25, -0.2) is 9.37 Å². The largest absolute Gasteiger partial charge is 0.378 e. The lowest BCUT2D eigenvalue weighted by molar-refractivity contribution is 0.102. The lowest BCUT2D eigenvalue weighted by Gasteiger charge is -2.03. The molecule has 0 spiro atoms. The summed E-state index contributed by atoms with van der Waals surface area (Å²) in [6.45, 7) is 1.80. The second-order valence-electron chi connectivity index (χ2n) is 5.11. The number of aryl methyl sites for hydroxylation is 1. The van der Waals surface area contributed by atoms with E-state index in [0.717, 1.165) is 15.4 Å². The summed E-state index contributed by atoms with van der Waals surface area (Å²) in [5.74, 6) is -0.482. The minimum absolute atomic E-state index is 0.228. The molecule has 0 bridgehead atoms. The number of hydrogen-bond donors (Lipinski definition) is 2. The van der Waals surface area contributed by atoms with Crippen molar-refractivity contribution in [2.45, 2.75) is 13.3 Å². The van der Waals surface area contributed by atoms with Gasteiger partial charge in [-0.3, -0.25) is 10.1 Å². The Morgan fingerprint density at radius 3 is 2.75 bits per heavy atom. The summed E-state index contributed by atoms with van der Waals surface area (Å²) in [5.41, 5.74) is 2.22. The quantitative estimate of drug-likeness (QED) is 0.722. The van der Waals surface area contributed by atoms with Gasteiger partial charge in [-0.15, -0.1) is 11.3 Å². The van der Waals surface area contributed by atoms with Gasteiger partial charge in [0.2, 0.25) is 0 Å². The van der Waals surface area contributed by atoms with Crippen LogP contribution in [0, 0.1) is 12.7 Å². The SMILES string of the molecule is CNc1snc(C)c1C(=O)Nc1ncc(Cc2ccc(F)cc2)s1. The molecule has 5 nitrogen and oxygen atoms in total. The summed E-state index contributed by atoms with van der Waals surface area (Å²) in [4.78, 5) is 17.7. The highest BCUT2D eigenvalue weighted by Gasteiger charge is 2.18. The van der Waals surface area contributed by atoms with Gasteiger partial charge >= 0.3 is 0 Å². The van der Waals surface area contributed by atoms with Gasteiger partial charge < -0.3 is 5.32 Å². The van der Waals surface area contributed by atoms with Crippen LogP contribution in [-0.2, 0) is 6.42 Å². The Hall–Kier alpha value is -2.32. The van der Waals surface area contributed by atoms with Crippen molar-refractivity contribution in [2.75, 3.05) is 17.7 Å². The molecule has 24 heavy (non-hydrogen) atoms. The van der Waals surface area contributed by atoms with Crippen molar-refractivity contribution in [2.24, 2.45) is 0 Å². The summed E-state index contributed by atoms with van der Waals surface area (Å²) < 4.78 is 17.1. The number of rotatable bonds is 5. The Bertz CT molecular complexity index is 857. The van der Waals surface area contributed by atoms with Gasteiger partial charge in [0, 0.05) is 24.5 Å². The van der Waals surface area contributed by atoms with E-state index in [4.69, 9.17) is 0 Å². The van der Waals surface area contributed by atoms with Crippen molar-refractivity contribution in [3.63, 3.8) is 0 Å². The highest BCUT2D eigenvalue weighted by Crippen LogP contribution is 2.26. The van der Waals surface area contributed by atoms with E-state index >= 15 is 0 Å². The van der Waals surface area contributed by atoms with Crippen molar-refractivity contribution in [1.82, 2.24) is 9.36 Å². The van der Waals surface area contributed by atoms with Crippen molar-refractivity contribution in [1.29, 1.82) is 0 Å². The fourth-order valence-corrected chi connectivity index (χ4v) is 3.80. The van der Waals surface area contributed by atoms with Gasteiger partial charge in [-0.05, 0) is 36.2 Å². The maximum absolute atomic E-state index is 12.9. The number of aromatic nitrogens is 2. The van der Waals surface area contributed by atoms with E-state index in [-0.39, 0.29) is 11.7 Å². The van der Waals surface area contributed by atoms with Crippen molar-refractivity contribution in [3.8, 4) is 0 Å². The first-order chi connectivity index (χ1) is 11.6. The molecular weight excluding hydrogens is 347 g/mol. The average molecular weight is 362 g/mol. The molecule has 2 aromatic heterocycles. The summed E-state index contributed by atoms with van der Waals surface area (Å²) in [6, 6.07) is 6.36. The normalized spacial score (nSPS) is 10.6. The van der Waals surface area contributed by atoms with Crippen LogP contribution in [0.1, 0.15) is 26.5 Å². The average Bonchev–Trinajstić information content (AvgIpc) is 3.15. The number of hydrogen-bond acceptors (Lipinski definition) is 6. The molecule has 3 rings (SSSR count). The molecule has 0 saturated carbocycles. The molecule has 0 aliphatic heterocycles. The first kappa shape index (κ1) is 16.5. The van der Waals surface area contributed by atoms with Gasteiger partial charge in [0.1, 0.15) is 10.8 Å². The van der Waals surface area contributed by atoms with Crippen LogP contribution in [0.25, 0.3) is 0 Å². The van der Waals surface area contributed by atoms with Crippen LogP contribution in [0.5, 0.6) is 0 Å². The molecule has 2 N–H and O–H groups in total. The Kier molecular flexibility index (Phi) is 4.86. The third kappa shape index (κ3) is 3.60. The molecule has 8 heteroatoms. The van der Waals surface area contributed by atoms with E-state index in [9.17, 15) is 9.18 Å². The number of nitrogens with one attached hydrogen (secondary N) is 2. The number of amides is 1. The summed E-state index contributed by atoms with van der Waals surface area (Å²) in [5, 5.41) is 7.05. The van der Waals surface area contributed by atoms with E-state index < -0.39 is 0 Å². The Morgan fingerprint density at radius 1 is 1.29 bits per heavy atom. The first-order valence-corrected chi connectivity index (χ1v) is 8.80. The lowest BCUT2D eigenvalue weighted by Crippen LogP contribution is -2.13. The van der Waals surface area contributed by atoms with Crippen LogP contribution in [-0.4, -0.2) is 22.3 Å². The van der Waals surface area contributed by atoms with Gasteiger partial charge in [0.25, 0.3) is 5.91 Å². The summed E-state index contributed by atoms with van der Waals surface area (Å²) in [6.07, 6.45) is 2.37. The molecule has 0 saturated heterocycles. The molecule has 0 fully saturated rings. The molecule has 2 heterocycles. The van der Waals surface area contributed by atoms with E-state index in [1.807, 2.05) is 0 Å². The smallest absolute Gasteiger partial charge is 0.262 e. The van der Waals surface area contributed by atoms with Gasteiger partial charge in [-0.1, -0.05) is 12.1 Å². The third-order valence-electron chi connectivity index (χ3n) is 3.38. The fraction of sp³-hybridized carbons (Fsp3) is 0.188. The highest BCUT2D eigenvalue weighted by molar-refractivity contribution is 7.15. The second-order valence-corrected chi connectivity index (χ2v) is 7.00. The second kappa shape index (κ2) is 7.06. The first-order valence-electron chi connectivity index (χ1n) is 7.21. The molecule has 0 atom stereocenters. The Balaban J connectivity index is 1.70. The third-order valence-corrected chi connectivity index (χ3v) is 5.25. The molecule has 3 aromatic rings. The van der Waals surface area contributed by atoms with Crippen LogP contribution in [0.4, 0.5) is 14.5 Å². The van der Waals surface area contributed by atoms with Crippen molar-refractivity contribution >= 4 is 38.9 Å². The number of nitrogens with zero attached hydrogens (tertiary/aromatic N) is 2. The minimum atomic E-state index is -0.254. The molecule has 124 valence electrons. The summed E-state index contributed by atoms with van der Waals surface area (Å²) >= 11 is 2.66. The topological polar surface area (TPSA) is 66.9 Å². The van der Waals surface area contributed by atoms with Crippen LogP contribution in [0.3, 0.4) is 0 Å². The molecule has 0 aliphatic rings. The van der Waals surface area contributed by atoms with Crippen LogP contribution in [0.15, 0.2) is 30.5 Å². The van der Waals surface area contributed by atoms with Gasteiger partial charge in [0.05, 0.1) is 11.3 Å². The highest BCUT2D eigenvalue weighted by atomic mass is 32.1. The Morgan fingerprint density at radius 2 is 2.04 bits per heavy atom. The number of carbonyl (C=O) groups excluding carboxylic acids is 1. The zero-order chi connectivity index (χ0) is 17.1.